The zero-order valence-electron chi connectivity index (χ0n) is 20.9. The lowest BCUT2D eigenvalue weighted by Crippen LogP contribution is -2.43. The summed E-state index contributed by atoms with van der Waals surface area (Å²) in [4.78, 5) is 24.4. The molecule has 4 rings (SSSR count). The molecule has 1 aromatic heterocycles. The van der Waals surface area contributed by atoms with Crippen molar-refractivity contribution in [1.82, 2.24) is 9.88 Å². The molecule has 222 valence electrons. The van der Waals surface area contributed by atoms with Crippen molar-refractivity contribution in [3.63, 3.8) is 0 Å². The third kappa shape index (κ3) is 11.4. The molecular formula is C25H27F7N2O6. The Morgan fingerprint density at radius 2 is 1.55 bits per heavy atom. The fourth-order valence-electron chi connectivity index (χ4n) is 4.02. The minimum atomic E-state index is -5.08. The Morgan fingerprint density at radius 1 is 0.950 bits per heavy atom. The number of aliphatic carboxylic acids is 2. The van der Waals surface area contributed by atoms with Crippen molar-refractivity contribution in [1.29, 1.82) is 0 Å². The molecule has 2 aliphatic rings. The molecule has 0 amide bonds. The molecule has 2 fully saturated rings. The van der Waals surface area contributed by atoms with Crippen molar-refractivity contribution in [2.75, 3.05) is 13.2 Å². The monoisotopic (exact) mass is 584 g/mol. The number of halogens is 7. The van der Waals surface area contributed by atoms with E-state index in [1.165, 1.54) is 12.1 Å². The van der Waals surface area contributed by atoms with Gasteiger partial charge in [-0.05, 0) is 48.6 Å². The van der Waals surface area contributed by atoms with Crippen LogP contribution >= 0.6 is 0 Å². The lowest BCUT2D eigenvalue weighted by molar-refractivity contribution is -0.193. The van der Waals surface area contributed by atoms with Gasteiger partial charge in [0, 0.05) is 31.5 Å². The first-order valence-corrected chi connectivity index (χ1v) is 11.9. The SMILES string of the molecule is Fc1ccc(CN2CC[C@H]3O[C@@H](COCc4cccnc4)CC[C@H]32)cc1.O=C(O)C(F)(F)F.O=C(O)C(F)(F)F. The maximum Gasteiger partial charge on any atom is 0.490 e. The third-order valence-corrected chi connectivity index (χ3v) is 5.83. The number of alkyl halides is 6. The van der Waals surface area contributed by atoms with Gasteiger partial charge in [0.1, 0.15) is 5.82 Å². The van der Waals surface area contributed by atoms with Gasteiger partial charge in [-0.1, -0.05) is 18.2 Å². The molecule has 2 N–H and O–H groups in total. The van der Waals surface area contributed by atoms with Crippen LogP contribution in [-0.4, -0.2) is 75.8 Å². The Kier molecular flexibility index (Phi) is 12.3. The van der Waals surface area contributed by atoms with E-state index >= 15 is 0 Å². The maximum atomic E-state index is 13.1. The van der Waals surface area contributed by atoms with Gasteiger partial charge in [-0.25, -0.2) is 14.0 Å². The second kappa shape index (κ2) is 14.9. The van der Waals surface area contributed by atoms with Crippen LogP contribution in [0.15, 0.2) is 48.8 Å². The molecule has 8 nitrogen and oxygen atoms in total. The van der Waals surface area contributed by atoms with Gasteiger partial charge in [0.25, 0.3) is 0 Å². The number of carboxylic acids is 2. The summed E-state index contributed by atoms with van der Waals surface area (Å²) in [6.45, 7) is 3.12. The van der Waals surface area contributed by atoms with E-state index in [1.54, 1.807) is 6.20 Å². The van der Waals surface area contributed by atoms with E-state index in [9.17, 15) is 30.7 Å². The Balaban J connectivity index is 0.000000333. The van der Waals surface area contributed by atoms with E-state index in [-0.39, 0.29) is 18.0 Å². The highest BCUT2D eigenvalue weighted by atomic mass is 19.4. The normalized spacial score (nSPS) is 20.8. The van der Waals surface area contributed by atoms with Crippen LogP contribution in [0.2, 0.25) is 0 Å². The van der Waals surface area contributed by atoms with Crippen LogP contribution in [0.1, 0.15) is 30.4 Å². The smallest absolute Gasteiger partial charge is 0.475 e. The first kappa shape index (κ1) is 32.9. The molecule has 40 heavy (non-hydrogen) atoms. The number of aromatic nitrogens is 1. The van der Waals surface area contributed by atoms with Crippen molar-refractivity contribution in [3.05, 3.63) is 65.7 Å². The molecule has 0 aliphatic carbocycles. The molecule has 3 heterocycles. The lowest BCUT2D eigenvalue weighted by atomic mass is 9.99. The Hall–Kier alpha value is -3.30. The first-order valence-electron chi connectivity index (χ1n) is 11.9. The van der Waals surface area contributed by atoms with Gasteiger partial charge in [-0.2, -0.15) is 26.3 Å². The molecular weight excluding hydrogens is 557 g/mol. The summed E-state index contributed by atoms with van der Waals surface area (Å²) in [6, 6.07) is 11.2. The molecule has 1 aromatic carbocycles. The Bertz CT molecular complexity index is 1040. The summed E-state index contributed by atoms with van der Waals surface area (Å²) in [5, 5.41) is 14.2. The molecule has 0 bridgehead atoms. The highest BCUT2D eigenvalue weighted by Crippen LogP contribution is 2.32. The Labute approximate surface area is 224 Å². The summed E-state index contributed by atoms with van der Waals surface area (Å²) in [7, 11) is 0. The van der Waals surface area contributed by atoms with Crippen LogP contribution in [0.4, 0.5) is 30.7 Å². The number of fused-ring (bicyclic) bond motifs is 1. The second-order valence-electron chi connectivity index (χ2n) is 8.81. The summed E-state index contributed by atoms with van der Waals surface area (Å²) in [6.07, 6.45) is -2.88. The van der Waals surface area contributed by atoms with Gasteiger partial charge in [0.05, 0.1) is 25.4 Å². The zero-order chi connectivity index (χ0) is 29.9. The van der Waals surface area contributed by atoms with Crippen LogP contribution in [0, 0.1) is 5.82 Å². The number of pyridine rings is 1. The zero-order valence-corrected chi connectivity index (χ0v) is 20.9. The number of rotatable bonds is 6. The van der Waals surface area contributed by atoms with Crippen LogP contribution in [0.25, 0.3) is 0 Å². The second-order valence-corrected chi connectivity index (χ2v) is 8.81. The minimum Gasteiger partial charge on any atom is -0.475 e. The fraction of sp³-hybridized carbons (Fsp3) is 0.480. The number of nitrogens with zero attached hydrogens (tertiary/aromatic N) is 2. The van der Waals surface area contributed by atoms with Crippen LogP contribution in [0.5, 0.6) is 0 Å². The third-order valence-electron chi connectivity index (χ3n) is 5.83. The van der Waals surface area contributed by atoms with Crippen LogP contribution in [0.3, 0.4) is 0 Å². The first-order chi connectivity index (χ1) is 18.7. The van der Waals surface area contributed by atoms with Crippen LogP contribution in [-0.2, 0) is 32.2 Å². The number of carboxylic acid groups (broad SMARTS) is 2. The number of likely N-dealkylation sites (tertiary alicyclic amines) is 1. The molecule has 2 aromatic rings. The largest absolute Gasteiger partial charge is 0.490 e. The predicted octanol–water partition coefficient (Wildman–Crippen LogP) is 4.83. The van der Waals surface area contributed by atoms with Gasteiger partial charge < -0.3 is 19.7 Å². The van der Waals surface area contributed by atoms with Gasteiger partial charge in [-0.15, -0.1) is 0 Å². The van der Waals surface area contributed by atoms with E-state index in [0.29, 0.717) is 19.3 Å². The number of hydrogen-bond acceptors (Lipinski definition) is 6. The quantitative estimate of drug-likeness (QED) is 0.465. The molecule has 0 saturated carbocycles. The number of ether oxygens (including phenoxy) is 2. The number of benzene rings is 1. The van der Waals surface area contributed by atoms with Crippen molar-refractivity contribution in [3.8, 4) is 0 Å². The summed E-state index contributed by atoms with van der Waals surface area (Å²) < 4.78 is 88.7. The molecule has 2 saturated heterocycles. The highest BCUT2D eigenvalue weighted by molar-refractivity contribution is 5.73. The highest BCUT2D eigenvalue weighted by Gasteiger charge is 2.40. The average Bonchev–Trinajstić information content (AvgIpc) is 3.27. The fourth-order valence-corrected chi connectivity index (χ4v) is 4.02. The van der Waals surface area contributed by atoms with Gasteiger partial charge >= 0.3 is 24.3 Å². The number of carbonyl (C=O) groups is 2. The molecule has 3 atom stereocenters. The van der Waals surface area contributed by atoms with Gasteiger partial charge in [0.2, 0.25) is 0 Å². The van der Waals surface area contributed by atoms with E-state index in [4.69, 9.17) is 29.3 Å². The summed E-state index contributed by atoms with van der Waals surface area (Å²) >= 11 is 0. The van der Waals surface area contributed by atoms with Crippen LogP contribution < -0.4 is 0 Å². The predicted molar refractivity (Wildman–Crippen MR) is 124 cm³/mol. The van der Waals surface area contributed by atoms with E-state index in [2.05, 4.69) is 9.88 Å². The molecule has 0 unspecified atom stereocenters. The standard InChI is InChI=1S/C21H25FN2O2.2C2HF3O2/c22-18-5-3-16(4-6-18)13-24-11-9-21-20(24)8-7-19(26-21)15-25-14-17-2-1-10-23-12-17;2*3-2(4,5)1(6)7/h1-6,10,12,19-21H,7-9,11,13-15H2;2*(H,6,7)/t19-,20-,21-;;/m1../s1. The molecule has 2 aliphatic heterocycles. The number of hydrogen-bond donors (Lipinski definition) is 2. The Morgan fingerprint density at radius 3 is 2.08 bits per heavy atom. The summed E-state index contributed by atoms with van der Waals surface area (Å²) in [5.74, 6) is -5.69. The lowest BCUT2D eigenvalue weighted by Gasteiger charge is -2.36. The van der Waals surface area contributed by atoms with E-state index < -0.39 is 24.3 Å². The van der Waals surface area contributed by atoms with Gasteiger partial charge in [-0.3, -0.25) is 9.88 Å². The molecule has 0 spiro atoms. The summed E-state index contributed by atoms with van der Waals surface area (Å²) in [5.41, 5.74) is 2.25. The van der Waals surface area contributed by atoms with E-state index in [1.807, 2.05) is 30.5 Å². The van der Waals surface area contributed by atoms with Crippen molar-refractivity contribution >= 4 is 11.9 Å². The van der Waals surface area contributed by atoms with Crippen molar-refractivity contribution in [2.45, 2.75) is 63.0 Å². The van der Waals surface area contributed by atoms with Gasteiger partial charge in [0.15, 0.2) is 0 Å². The van der Waals surface area contributed by atoms with Crippen molar-refractivity contribution in [2.24, 2.45) is 0 Å². The van der Waals surface area contributed by atoms with E-state index in [0.717, 1.165) is 43.5 Å². The maximum absolute atomic E-state index is 13.1. The molecule has 0 radical (unpaired) electrons. The average molecular weight is 584 g/mol. The minimum absolute atomic E-state index is 0.178. The topological polar surface area (TPSA) is 109 Å². The molecule has 15 heteroatoms. The van der Waals surface area contributed by atoms with Crippen molar-refractivity contribution < 1.29 is 60.0 Å².